The molecule has 1 aromatic heterocycles. The van der Waals surface area contributed by atoms with Gasteiger partial charge in [-0.1, -0.05) is 19.4 Å². The van der Waals surface area contributed by atoms with Crippen molar-refractivity contribution in [2.24, 2.45) is 18.7 Å². The van der Waals surface area contributed by atoms with Gasteiger partial charge in [0.15, 0.2) is 5.58 Å². The molecule has 0 amide bonds. The van der Waals surface area contributed by atoms with E-state index in [1.807, 2.05) is 25.2 Å². The van der Waals surface area contributed by atoms with E-state index < -0.39 is 0 Å². The summed E-state index contributed by atoms with van der Waals surface area (Å²) in [5, 5.41) is 3.31. The first-order valence-corrected chi connectivity index (χ1v) is 6.59. The van der Waals surface area contributed by atoms with Crippen molar-refractivity contribution in [1.82, 2.24) is 9.88 Å². The van der Waals surface area contributed by atoms with Gasteiger partial charge in [-0.15, -0.1) is 0 Å². The summed E-state index contributed by atoms with van der Waals surface area (Å²) in [6.45, 7) is 2.76. The fourth-order valence-corrected chi connectivity index (χ4v) is 2.55. The molecule has 0 aliphatic carbocycles. The van der Waals surface area contributed by atoms with Gasteiger partial charge in [-0.3, -0.25) is 4.57 Å². The Morgan fingerprint density at radius 1 is 1.47 bits per heavy atom. The first-order valence-electron chi connectivity index (χ1n) is 6.59. The van der Waals surface area contributed by atoms with Crippen molar-refractivity contribution in [3.63, 3.8) is 0 Å². The van der Waals surface area contributed by atoms with E-state index in [1.165, 1.54) is 4.57 Å². The number of aryl methyl sites for hydroxylation is 1. The van der Waals surface area contributed by atoms with Crippen molar-refractivity contribution < 1.29 is 4.42 Å². The number of hydrogen-bond acceptors (Lipinski definition) is 4. The van der Waals surface area contributed by atoms with E-state index >= 15 is 0 Å². The molecule has 0 saturated heterocycles. The van der Waals surface area contributed by atoms with Crippen LogP contribution in [0.1, 0.15) is 24.9 Å². The van der Waals surface area contributed by atoms with Crippen molar-refractivity contribution in [2.75, 3.05) is 13.6 Å². The Hall–Kier alpha value is -1.59. The maximum absolute atomic E-state index is 11.5. The Morgan fingerprint density at radius 2 is 2.21 bits per heavy atom. The summed E-state index contributed by atoms with van der Waals surface area (Å²) in [4.78, 5) is 11.5. The molecule has 2 rings (SSSR count). The highest BCUT2D eigenvalue weighted by Gasteiger charge is 2.20. The minimum atomic E-state index is -0.334. The predicted octanol–water partition coefficient (Wildman–Crippen LogP) is 1.38. The molecule has 0 aliphatic rings. The van der Waals surface area contributed by atoms with E-state index in [1.54, 1.807) is 7.05 Å². The number of nitrogens with one attached hydrogen (secondary N) is 1. The molecule has 19 heavy (non-hydrogen) atoms. The smallest absolute Gasteiger partial charge is 0.408 e. The van der Waals surface area contributed by atoms with E-state index in [9.17, 15) is 4.79 Å². The lowest BCUT2D eigenvalue weighted by atomic mass is 9.91. The molecule has 2 atom stereocenters. The summed E-state index contributed by atoms with van der Waals surface area (Å²) in [6, 6.07) is 6.02. The highest BCUT2D eigenvalue weighted by molar-refractivity contribution is 5.73. The van der Waals surface area contributed by atoms with Crippen LogP contribution in [0.4, 0.5) is 0 Å². The number of fused-ring (bicyclic) bond motifs is 1. The lowest BCUT2D eigenvalue weighted by Crippen LogP contribution is -2.30. The van der Waals surface area contributed by atoms with E-state index in [4.69, 9.17) is 10.2 Å². The van der Waals surface area contributed by atoms with Crippen LogP contribution in [0.15, 0.2) is 27.4 Å². The van der Waals surface area contributed by atoms with Crippen molar-refractivity contribution in [3.8, 4) is 0 Å². The number of rotatable bonds is 5. The number of nitrogens with two attached hydrogens (primary N) is 1. The van der Waals surface area contributed by atoms with Crippen molar-refractivity contribution in [1.29, 1.82) is 0 Å². The highest BCUT2D eigenvalue weighted by Crippen LogP contribution is 2.26. The third-order valence-electron chi connectivity index (χ3n) is 3.78. The largest absolute Gasteiger partial charge is 0.419 e. The van der Waals surface area contributed by atoms with Gasteiger partial charge in [0.1, 0.15) is 0 Å². The minimum absolute atomic E-state index is 0.185. The van der Waals surface area contributed by atoms with E-state index in [-0.39, 0.29) is 11.8 Å². The fourth-order valence-electron chi connectivity index (χ4n) is 2.55. The summed E-state index contributed by atoms with van der Waals surface area (Å²) in [5.74, 6) is 0.0328. The second-order valence-corrected chi connectivity index (χ2v) is 4.82. The van der Waals surface area contributed by atoms with Gasteiger partial charge in [0.05, 0.1) is 5.52 Å². The second-order valence-electron chi connectivity index (χ2n) is 4.82. The molecule has 3 N–H and O–H groups in total. The van der Waals surface area contributed by atoms with Crippen LogP contribution in [-0.4, -0.2) is 18.2 Å². The average molecular weight is 263 g/mol. The number of hydrogen-bond donors (Lipinski definition) is 2. The molecule has 0 radical (unpaired) electrons. The molecule has 0 bridgehead atoms. The minimum Gasteiger partial charge on any atom is -0.408 e. The van der Waals surface area contributed by atoms with Crippen molar-refractivity contribution in [3.05, 3.63) is 34.3 Å². The Balaban J connectivity index is 2.49. The highest BCUT2D eigenvalue weighted by atomic mass is 16.4. The standard InChI is InChI=1S/C14H21N3O2/c1-4-9(8-15)13(16-2)10-5-6-12-11(7-10)17(3)14(18)19-12/h5-7,9,13,16H,4,8,15H2,1-3H3. The Bertz CT molecular complexity index is 611. The molecule has 0 saturated carbocycles. The SMILES string of the molecule is CCC(CN)C(NC)c1ccc2oc(=O)n(C)c2c1. The lowest BCUT2D eigenvalue weighted by molar-refractivity contribution is 0.378. The topological polar surface area (TPSA) is 73.2 Å². The molecule has 1 heterocycles. The summed E-state index contributed by atoms with van der Waals surface area (Å²) < 4.78 is 6.67. The Labute approximate surface area is 112 Å². The second kappa shape index (κ2) is 5.59. The molecular weight excluding hydrogens is 242 g/mol. The maximum Gasteiger partial charge on any atom is 0.419 e. The van der Waals surface area contributed by atoms with Crippen LogP contribution in [0.5, 0.6) is 0 Å². The third kappa shape index (κ3) is 2.43. The third-order valence-corrected chi connectivity index (χ3v) is 3.78. The number of oxazole rings is 1. The van der Waals surface area contributed by atoms with Crippen LogP contribution in [-0.2, 0) is 7.05 Å². The quantitative estimate of drug-likeness (QED) is 0.854. The fraction of sp³-hybridized carbons (Fsp3) is 0.500. The van der Waals surface area contributed by atoms with Gasteiger partial charge >= 0.3 is 5.76 Å². The van der Waals surface area contributed by atoms with E-state index in [0.717, 1.165) is 17.5 Å². The van der Waals surface area contributed by atoms with Gasteiger partial charge in [0, 0.05) is 13.1 Å². The molecule has 5 heteroatoms. The van der Waals surface area contributed by atoms with Crippen LogP contribution in [0.25, 0.3) is 11.1 Å². The maximum atomic E-state index is 11.5. The molecule has 1 aromatic carbocycles. The first kappa shape index (κ1) is 13.8. The van der Waals surface area contributed by atoms with E-state index in [2.05, 4.69) is 12.2 Å². The monoisotopic (exact) mass is 263 g/mol. The molecule has 5 nitrogen and oxygen atoms in total. The summed E-state index contributed by atoms with van der Waals surface area (Å²) in [5.41, 5.74) is 8.39. The number of aromatic nitrogens is 1. The van der Waals surface area contributed by atoms with Gasteiger partial charge in [0.25, 0.3) is 0 Å². The zero-order chi connectivity index (χ0) is 14.0. The number of nitrogens with zero attached hydrogens (tertiary/aromatic N) is 1. The molecule has 104 valence electrons. The molecule has 0 aliphatic heterocycles. The normalized spacial score (nSPS) is 14.7. The van der Waals surface area contributed by atoms with Crippen LogP contribution in [0.2, 0.25) is 0 Å². The summed E-state index contributed by atoms with van der Waals surface area (Å²) in [7, 11) is 3.65. The first-order chi connectivity index (χ1) is 9.12. The van der Waals surface area contributed by atoms with Gasteiger partial charge in [-0.25, -0.2) is 4.79 Å². The zero-order valence-corrected chi connectivity index (χ0v) is 11.6. The molecule has 0 fully saturated rings. The van der Waals surface area contributed by atoms with Gasteiger partial charge in [-0.2, -0.15) is 0 Å². The Morgan fingerprint density at radius 3 is 2.79 bits per heavy atom. The Kier molecular flexibility index (Phi) is 4.07. The summed E-state index contributed by atoms with van der Waals surface area (Å²) >= 11 is 0. The van der Waals surface area contributed by atoms with Crippen molar-refractivity contribution >= 4 is 11.1 Å². The van der Waals surface area contributed by atoms with Crippen LogP contribution in [0.3, 0.4) is 0 Å². The van der Waals surface area contributed by atoms with Gasteiger partial charge in [0.2, 0.25) is 0 Å². The van der Waals surface area contributed by atoms with E-state index in [0.29, 0.717) is 18.0 Å². The van der Waals surface area contributed by atoms with Crippen LogP contribution >= 0.6 is 0 Å². The predicted molar refractivity (Wildman–Crippen MR) is 76.1 cm³/mol. The molecular formula is C14H21N3O2. The van der Waals surface area contributed by atoms with Crippen LogP contribution < -0.4 is 16.8 Å². The number of benzene rings is 1. The van der Waals surface area contributed by atoms with Crippen molar-refractivity contribution in [2.45, 2.75) is 19.4 Å². The van der Waals surface area contributed by atoms with Gasteiger partial charge in [-0.05, 0) is 37.2 Å². The molecule has 2 aromatic rings. The average Bonchev–Trinajstić information content (AvgIpc) is 2.71. The van der Waals surface area contributed by atoms with Crippen LogP contribution in [0, 0.1) is 5.92 Å². The molecule has 0 spiro atoms. The molecule has 2 unspecified atom stereocenters. The zero-order valence-electron chi connectivity index (χ0n) is 11.6. The van der Waals surface area contributed by atoms with Gasteiger partial charge < -0.3 is 15.5 Å². The lowest BCUT2D eigenvalue weighted by Gasteiger charge is -2.25. The summed E-state index contributed by atoms with van der Waals surface area (Å²) in [6.07, 6.45) is 1.00.